The Labute approximate surface area is 107 Å². The first-order chi connectivity index (χ1) is 7.90. The Bertz CT molecular complexity index is 355. The molecule has 0 saturated carbocycles. The molecule has 1 rings (SSSR count). The van der Waals surface area contributed by atoms with Crippen molar-refractivity contribution >= 4 is 0 Å². The lowest BCUT2D eigenvalue weighted by Gasteiger charge is -2.24. The van der Waals surface area contributed by atoms with Crippen LogP contribution in [0.15, 0.2) is 18.2 Å². The average Bonchev–Trinajstić information content (AvgIpc) is 2.22. The zero-order valence-electron chi connectivity index (χ0n) is 12.2. The highest BCUT2D eigenvalue weighted by Crippen LogP contribution is 2.16. The molecule has 1 aromatic carbocycles. The summed E-state index contributed by atoms with van der Waals surface area (Å²) in [7, 11) is 0. The van der Waals surface area contributed by atoms with Crippen molar-refractivity contribution in [1.29, 1.82) is 0 Å². The molecule has 2 atom stereocenters. The van der Waals surface area contributed by atoms with Crippen molar-refractivity contribution in [3.05, 3.63) is 34.9 Å². The van der Waals surface area contributed by atoms with Crippen LogP contribution in [0.4, 0.5) is 0 Å². The first kappa shape index (κ1) is 14.2. The van der Waals surface area contributed by atoms with E-state index in [1.54, 1.807) is 0 Å². The number of hydrogen-bond acceptors (Lipinski definition) is 1. The van der Waals surface area contributed by atoms with E-state index >= 15 is 0 Å². The molecular formula is C16H27N. The summed E-state index contributed by atoms with van der Waals surface area (Å²) in [5, 5.41) is 3.59. The number of rotatable bonds is 5. The maximum absolute atomic E-state index is 3.59. The molecule has 0 saturated heterocycles. The highest BCUT2D eigenvalue weighted by Gasteiger charge is 2.13. The third-order valence-electron chi connectivity index (χ3n) is 3.58. The van der Waals surface area contributed by atoms with Crippen LogP contribution in [0, 0.1) is 19.8 Å². The summed E-state index contributed by atoms with van der Waals surface area (Å²) in [5.41, 5.74) is 4.24. The highest BCUT2D eigenvalue weighted by molar-refractivity contribution is 5.30. The van der Waals surface area contributed by atoms with E-state index < -0.39 is 0 Å². The minimum Gasteiger partial charge on any atom is -0.312 e. The van der Waals surface area contributed by atoms with Gasteiger partial charge in [-0.3, -0.25) is 0 Å². The molecule has 0 aliphatic heterocycles. The summed E-state index contributed by atoms with van der Waals surface area (Å²) in [6.07, 6.45) is 1.15. The Morgan fingerprint density at radius 1 is 1.00 bits per heavy atom. The number of benzene rings is 1. The van der Waals surface area contributed by atoms with E-state index in [9.17, 15) is 0 Å². The monoisotopic (exact) mass is 233 g/mol. The van der Waals surface area contributed by atoms with Gasteiger partial charge >= 0.3 is 0 Å². The molecule has 0 fully saturated rings. The van der Waals surface area contributed by atoms with Crippen LogP contribution in [-0.2, 0) is 6.42 Å². The van der Waals surface area contributed by atoms with Gasteiger partial charge in [0, 0.05) is 12.1 Å². The quantitative estimate of drug-likeness (QED) is 0.814. The molecule has 1 heteroatoms. The van der Waals surface area contributed by atoms with Crippen LogP contribution >= 0.6 is 0 Å². The molecule has 0 spiro atoms. The largest absolute Gasteiger partial charge is 0.312 e. The van der Waals surface area contributed by atoms with Gasteiger partial charge in [0.1, 0.15) is 0 Å². The van der Waals surface area contributed by atoms with Gasteiger partial charge in [0.05, 0.1) is 0 Å². The summed E-state index contributed by atoms with van der Waals surface area (Å²) in [6.45, 7) is 13.4. The minimum atomic E-state index is 0.562. The second-order valence-corrected chi connectivity index (χ2v) is 5.71. The molecule has 0 aromatic heterocycles. The fraction of sp³-hybridized carbons (Fsp3) is 0.625. The number of aryl methyl sites for hydroxylation is 2. The van der Waals surface area contributed by atoms with E-state index in [1.165, 1.54) is 16.7 Å². The predicted octanol–water partition coefficient (Wildman–Crippen LogP) is 3.87. The molecule has 96 valence electrons. The lowest BCUT2D eigenvalue weighted by atomic mass is 9.93. The van der Waals surface area contributed by atoms with Gasteiger partial charge in [-0.1, -0.05) is 39.0 Å². The predicted molar refractivity (Wildman–Crippen MR) is 76.5 cm³/mol. The van der Waals surface area contributed by atoms with Crippen molar-refractivity contribution < 1.29 is 0 Å². The molecule has 2 unspecified atom stereocenters. The van der Waals surface area contributed by atoms with Crippen LogP contribution < -0.4 is 5.32 Å². The molecule has 1 N–H and O–H groups in total. The molecule has 0 aliphatic rings. The summed E-state index contributed by atoms with van der Waals surface area (Å²) in [5.74, 6) is 0.666. The van der Waals surface area contributed by atoms with Crippen LogP contribution in [0.3, 0.4) is 0 Å². The SMILES string of the molecule is Cc1ccc(CC(C)C(C)NC(C)C)cc1C. The zero-order valence-corrected chi connectivity index (χ0v) is 12.2. The fourth-order valence-electron chi connectivity index (χ4n) is 2.17. The van der Waals surface area contributed by atoms with Gasteiger partial charge < -0.3 is 5.32 Å². The third kappa shape index (κ3) is 4.51. The molecule has 17 heavy (non-hydrogen) atoms. The Morgan fingerprint density at radius 2 is 1.65 bits per heavy atom. The van der Waals surface area contributed by atoms with Gasteiger partial charge in [0.25, 0.3) is 0 Å². The van der Waals surface area contributed by atoms with Crippen molar-refractivity contribution in [3.63, 3.8) is 0 Å². The maximum atomic E-state index is 3.59. The van der Waals surface area contributed by atoms with Crippen molar-refractivity contribution in [3.8, 4) is 0 Å². The topological polar surface area (TPSA) is 12.0 Å². The molecule has 0 aliphatic carbocycles. The first-order valence-electron chi connectivity index (χ1n) is 6.72. The van der Waals surface area contributed by atoms with E-state index in [1.807, 2.05) is 0 Å². The van der Waals surface area contributed by atoms with Crippen LogP contribution in [0.2, 0.25) is 0 Å². The fourth-order valence-corrected chi connectivity index (χ4v) is 2.17. The van der Waals surface area contributed by atoms with E-state index in [0.717, 1.165) is 6.42 Å². The molecule has 0 bridgehead atoms. The van der Waals surface area contributed by atoms with E-state index in [2.05, 4.69) is 65.1 Å². The van der Waals surface area contributed by atoms with Gasteiger partial charge in [-0.15, -0.1) is 0 Å². The molecule has 0 radical (unpaired) electrons. The standard InChI is InChI=1S/C16H27N/c1-11(2)17-15(6)14(5)10-16-8-7-12(3)13(4)9-16/h7-9,11,14-15,17H,10H2,1-6H3. The average molecular weight is 233 g/mol. The van der Waals surface area contributed by atoms with Crippen molar-refractivity contribution in [2.45, 2.75) is 60.0 Å². The molecule has 1 aromatic rings. The maximum Gasteiger partial charge on any atom is 0.00698 e. The molecule has 0 amide bonds. The Balaban J connectivity index is 2.61. The molecular weight excluding hydrogens is 206 g/mol. The zero-order chi connectivity index (χ0) is 13.0. The highest BCUT2D eigenvalue weighted by atomic mass is 14.9. The summed E-state index contributed by atoms with van der Waals surface area (Å²) in [6, 6.07) is 7.95. The Morgan fingerprint density at radius 3 is 2.18 bits per heavy atom. The van der Waals surface area contributed by atoms with Crippen molar-refractivity contribution in [2.24, 2.45) is 5.92 Å². The van der Waals surface area contributed by atoms with E-state index in [4.69, 9.17) is 0 Å². The lowest BCUT2D eigenvalue weighted by Crippen LogP contribution is -2.37. The van der Waals surface area contributed by atoms with Gasteiger partial charge in [-0.05, 0) is 49.8 Å². The van der Waals surface area contributed by atoms with Crippen molar-refractivity contribution in [1.82, 2.24) is 5.32 Å². The molecule has 0 heterocycles. The van der Waals surface area contributed by atoms with Crippen molar-refractivity contribution in [2.75, 3.05) is 0 Å². The van der Waals surface area contributed by atoms with Crippen LogP contribution in [-0.4, -0.2) is 12.1 Å². The Hall–Kier alpha value is -0.820. The van der Waals surface area contributed by atoms with E-state index in [-0.39, 0.29) is 0 Å². The van der Waals surface area contributed by atoms with Crippen LogP contribution in [0.5, 0.6) is 0 Å². The number of nitrogens with one attached hydrogen (secondary N) is 1. The molecule has 1 nitrogen and oxygen atoms in total. The minimum absolute atomic E-state index is 0.562. The summed E-state index contributed by atoms with van der Waals surface area (Å²) in [4.78, 5) is 0. The smallest absolute Gasteiger partial charge is 0.00698 e. The summed E-state index contributed by atoms with van der Waals surface area (Å²) < 4.78 is 0. The van der Waals surface area contributed by atoms with Crippen LogP contribution in [0.1, 0.15) is 44.4 Å². The first-order valence-corrected chi connectivity index (χ1v) is 6.72. The van der Waals surface area contributed by atoms with E-state index in [0.29, 0.717) is 18.0 Å². The second-order valence-electron chi connectivity index (χ2n) is 5.71. The number of hydrogen-bond donors (Lipinski definition) is 1. The Kier molecular flexibility index (Phi) is 5.20. The third-order valence-corrected chi connectivity index (χ3v) is 3.58. The van der Waals surface area contributed by atoms with Gasteiger partial charge in [-0.25, -0.2) is 0 Å². The summed E-state index contributed by atoms with van der Waals surface area (Å²) >= 11 is 0. The van der Waals surface area contributed by atoms with Crippen LogP contribution in [0.25, 0.3) is 0 Å². The van der Waals surface area contributed by atoms with Gasteiger partial charge in [0.15, 0.2) is 0 Å². The van der Waals surface area contributed by atoms with Gasteiger partial charge in [-0.2, -0.15) is 0 Å². The van der Waals surface area contributed by atoms with Gasteiger partial charge in [0.2, 0.25) is 0 Å². The second kappa shape index (κ2) is 6.20. The lowest BCUT2D eigenvalue weighted by molar-refractivity contribution is 0.372. The normalized spacial score (nSPS) is 15.0.